The zero-order valence-electron chi connectivity index (χ0n) is 24.1. The summed E-state index contributed by atoms with van der Waals surface area (Å²) < 4.78 is 248. The van der Waals surface area contributed by atoms with E-state index in [4.69, 9.17) is 3.63 Å². The fourth-order valence-electron chi connectivity index (χ4n) is 5.02. The van der Waals surface area contributed by atoms with Crippen LogP contribution in [0.2, 0.25) is 0 Å². The van der Waals surface area contributed by atoms with Crippen LogP contribution in [-0.4, -0.2) is 18.6 Å². The van der Waals surface area contributed by atoms with Gasteiger partial charge in [-0.15, -0.1) is 0 Å². The number of hydrogen-bond acceptors (Lipinski definition) is 5. The molecule has 0 aromatic heterocycles. The van der Waals surface area contributed by atoms with Gasteiger partial charge in [0.25, 0.3) is 0 Å². The highest BCUT2D eigenvalue weighted by molar-refractivity contribution is 8.33. The Bertz CT molecular complexity index is 1940. The van der Waals surface area contributed by atoms with E-state index in [9.17, 15) is 84.5 Å². The van der Waals surface area contributed by atoms with E-state index in [1.165, 1.54) is 12.1 Å². The molecule has 5 nitrogen and oxygen atoms in total. The summed E-state index contributed by atoms with van der Waals surface area (Å²) in [7, 11) is -12.2. The van der Waals surface area contributed by atoms with Gasteiger partial charge in [-0.25, -0.2) is 3.63 Å². The zero-order valence-corrected chi connectivity index (χ0v) is 25.7. The maximum Gasteiger partial charge on any atom is 0.418 e. The molecule has 278 valence electrons. The highest BCUT2D eigenvalue weighted by Gasteiger charge is 2.63. The molecule has 0 radical (unpaired) electrons. The number of halogens is 15. The van der Waals surface area contributed by atoms with Crippen molar-refractivity contribution in [1.29, 1.82) is 0 Å². The summed E-state index contributed by atoms with van der Waals surface area (Å²) in [6.07, 6.45) is -36.2. The molecular weight excluding hydrogens is 777 g/mol. The first-order valence-electron chi connectivity index (χ1n) is 13.1. The van der Waals surface area contributed by atoms with Crippen LogP contribution in [0, 0.1) is 0 Å². The van der Waals surface area contributed by atoms with Gasteiger partial charge in [0.1, 0.15) is 16.4 Å². The molecule has 4 aromatic rings. The second-order valence-electron chi connectivity index (χ2n) is 10.0. The van der Waals surface area contributed by atoms with Gasteiger partial charge in [0, 0.05) is 15.9 Å². The van der Waals surface area contributed by atoms with Crippen LogP contribution in [0.15, 0.2) is 98.4 Å². The maximum atomic E-state index is 14.5. The number of rotatable bonds is 6. The summed E-state index contributed by atoms with van der Waals surface area (Å²) in [4.78, 5) is -6.09. The van der Waals surface area contributed by atoms with Crippen LogP contribution < -0.4 is 0 Å². The summed E-state index contributed by atoms with van der Waals surface area (Å²) >= 11 is 0. The number of phenols is 2. The molecule has 2 N–H and O–H groups in total. The summed E-state index contributed by atoms with van der Waals surface area (Å²) in [6, 6.07) is 12.1. The lowest BCUT2D eigenvalue weighted by Gasteiger charge is -2.40. The fraction of sp³-hybridized carbons (Fsp3) is 0.172. The predicted molar refractivity (Wildman–Crippen MR) is 145 cm³/mol. The molecule has 22 heteroatoms. The normalized spacial score (nSPS) is 14.1. The highest BCUT2D eigenvalue weighted by Crippen LogP contribution is 2.73. The predicted octanol–water partition coefficient (Wildman–Crippen LogP) is 10.8. The van der Waals surface area contributed by atoms with Gasteiger partial charge >= 0.3 is 41.0 Å². The van der Waals surface area contributed by atoms with Gasteiger partial charge in [-0.3, -0.25) is 0 Å². The van der Waals surface area contributed by atoms with Gasteiger partial charge in [-0.1, -0.05) is 36.4 Å². The Labute approximate surface area is 277 Å². The Morgan fingerprint density at radius 3 is 1.12 bits per heavy atom. The van der Waals surface area contributed by atoms with Crippen molar-refractivity contribution in [3.8, 4) is 11.5 Å². The van der Waals surface area contributed by atoms with E-state index in [-0.39, 0.29) is 0 Å². The number of hydrogen-bond donors (Lipinski definition) is 2. The molecular formula is C29H15F15O5S2. The molecule has 0 aliphatic carbocycles. The van der Waals surface area contributed by atoms with Gasteiger partial charge in [0.05, 0.1) is 32.7 Å². The quantitative estimate of drug-likeness (QED) is 0.190. The molecule has 0 amide bonds. The molecule has 0 aliphatic heterocycles. The average Bonchev–Trinajstić information content (AvgIpc) is 2.97. The molecule has 0 saturated carbocycles. The third-order valence-corrected chi connectivity index (χ3v) is 12.0. The summed E-state index contributed by atoms with van der Waals surface area (Å²) in [5, 5.41) is 20.7. The molecule has 4 rings (SSSR count). The number of benzene rings is 4. The van der Waals surface area contributed by atoms with Crippen molar-refractivity contribution in [1.82, 2.24) is 0 Å². The number of alkyl halides is 15. The van der Waals surface area contributed by atoms with Crippen LogP contribution in [0.3, 0.4) is 0 Å². The molecule has 0 aliphatic rings. The Kier molecular flexibility index (Phi) is 9.85. The molecule has 0 bridgehead atoms. The molecule has 4 aromatic carbocycles. The molecule has 0 unspecified atom stereocenters. The SMILES string of the molecule is O=S(=O)(OS(c1ccccc1)(c1ccccc1)c1ccc(O)cc1O)c1c(C(F)(F)F)c(C(F)(F)F)c(C(F)(F)F)c(C(F)(F)F)c1C(F)(F)F. The first-order valence-corrected chi connectivity index (χ1v) is 16.0. The largest absolute Gasteiger partial charge is 0.508 e. The first kappa shape index (κ1) is 39.5. The van der Waals surface area contributed by atoms with E-state index in [2.05, 4.69) is 0 Å². The third-order valence-electron chi connectivity index (χ3n) is 6.72. The topological polar surface area (TPSA) is 83.8 Å². The highest BCUT2D eigenvalue weighted by atomic mass is 32.3. The molecule has 51 heavy (non-hydrogen) atoms. The molecule has 0 atom stereocenters. The van der Waals surface area contributed by atoms with Crippen molar-refractivity contribution in [3.05, 3.63) is 107 Å². The van der Waals surface area contributed by atoms with E-state index < -0.39 is 110 Å². The minimum absolute atomic E-state index is 0.461. The average molecular weight is 793 g/mol. The molecule has 0 saturated heterocycles. The Balaban J connectivity index is 2.41. The first-order chi connectivity index (χ1) is 23.1. The number of phenolic OH excluding ortho intramolecular Hbond substituents is 2. The van der Waals surface area contributed by atoms with Crippen molar-refractivity contribution in [2.75, 3.05) is 0 Å². The van der Waals surface area contributed by atoms with Crippen molar-refractivity contribution < 1.29 is 88.1 Å². The van der Waals surface area contributed by atoms with Gasteiger partial charge in [-0.2, -0.15) is 74.3 Å². The van der Waals surface area contributed by atoms with E-state index >= 15 is 0 Å². The van der Waals surface area contributed by atoms with Gasteiger partial charge < -0.3 is 10.2 Å². The van der Waals surface area contributed by atoms with E-state index in [0.717, 1.165) is 48.5 Å². The Hall–Kier alpha value is -4.31. The van der Waals surface area contributed by atoms with Crippen molar-refractivity contribution >= 4 is 20.4 Å². The summed E-state index contributed by atoms with van der Waals surface area (Å²) in [6.45, 7) is 0. The summed E-state index contributed by atoms with van der Waals surface area (Å²) in [5.74, 6) is -2.00. The van der Waals surface area contributed by atoms with Crippen LogP contribution in [0.5, 0.6) is 11.5 Å². The minimum Gasteiger partial charge on any atom is -0.508 e. The Morgan fingerprint density at radius 1 is 0.471 bits per heavy atom. The van der Waals surface area contributed by atoms with Crippen LogP contribution in [0.25, 0.3) is 0 Å². The van der Waals surface area contributed by atoms with E-state index in [0.29, 0.717) is 18.2 Å². The third kappa shape index (κ3) is 7.38. The van der Waals surface area contributed by atoms with Crippen LogP contribution in [0.1, 0.15) is 27.8 Å². The fourth-order valence-corrected chi connectivity index (χ4v) is 10.7. The minimum atomic E-state index is -7.49. The van der Waals surface area contributed by atoms with Crippen molar-refractivity contribution in [2.45, 2.75) is 50.5 Å². The zero-order chi connectivity index (χ0) is 38.8. The Morgan fingerprint density at radius 2 is 0.804 bits per heavy atom. The maximum absolute atomic E-state index is 14.5. The van der Waals surface area contributed by atoms with Gasteiger partial charge in [-0.05, 0) is 46.7 Å². The van der Waals surface area contributed by atoms with Crippen LogP contribution >= 0.6 is 10.3 Å². The lowest BCUT2D eigenvalue weighted by atomic mass is 9.89. The lowest BCUT2D eigenvalue weighted by molar-refractivity contribution is -0.191. The number of aromatic hydroxyl groups is 2. The van der Waals surface area contributed by atoms with Crippen molar-refractivity contribution in [2.24, 2.45) is 0 Å². The van der Waals surface area contributed by atoms with Crippen LogP contribution in [-0.2, 0) is 44.6 Å². The van der Waals surface area contributed by atoms with Crippen molar-refractivity contribution in [3.63, 3.8) is 0 Å². The van der Waals surface area contributed by atoms with Crippen LogP contribution in [0.4, 0.5) is 65.9 Å². The second kappa shape index (κ2) is 12.7. The monoisotopic (exact) mass is 792 g/mol. The molecule has 0 spiro atoms. The standard InChI is InChI=1S/C29H15F15O5S2/c30-25(31,32)19-20(26(33,34)35)22(28(39,40)41)24(23(29(42,43)44)21(19)27(36,37)38)51(47,48)49-50(15-7-3-1-4-8-15,16-9-5-2-6-10-16)18-12-11-14(45)13-17(18)46/h1-13,45-46H. The lowest BCUT2D eigenvalue weighted by Crippen LogP contribution is -2.34. The van der Waals surface area contributed by atoms with E-state index in [1.54, 1.807) is 0 Å². The van der Waals surface area contributed by atoms with Gasteiger partial charge in [0.2, 0.25) is 0 Å². The second-order valence-corrected chi connectivity index (χ2v) is 14.4. The summed E-state index contributed by atoms with van der Waals surface area (Å²) in [5.41, 5.74) is -22.0. The molecule has 0 fully saturated rings. The van der Waals surface area contributed by atoms with E-state index in [1.807, 2.05) is 0 Å². The molecule has 0 heterocycles. The smallest absolute Gasteiger partial charge is 0.418 e. The van der Waals surface area contributed by atoms with Gasteiger partial charge in [0.15, 0.2) is 0 Å².